The molecule has 1 nitrogen and oxygen atoms in total. The Bertz CT molecular complexity index is 202. The van der Waals surface area contributed by atoms with Gasteiger partial charge in [-0.1, -0.05) is 26.7 Å². The van der Waals surface area contributed by atoms with Crippen LogP contribution in [0.15, 0.2) is 0 Å². The van der Waals surface area contributed by atoms with Crippen LogP contribution < -0.4 is 0 Å². The highest BCUT2D eigenvalue weighted by Crippen LogP contribution is 2.30. The average molecular weight is 193 g/mol. The van der Waals surface area contributed by atoms with E-state index in [-0.39, 0.29) is 0 Å². The van der Waals surface area contributed by atoms with E-state index in [1.165, 1.54) is 25.8 Å². The van der Waals surface area contributed by atoms with Crippen LogP contribution in [0, 0.1) is 23.7 Å². The molecule has 0 aromatic rings. The molecule has 80 valence electrons. The summed E-state index contributed by atoms with van der Waals surface area (Å²) in [7, 11) is 0. The normalized spacial score (nSPS) is 17.1. The van der Waals surface area contributed by atoms with E-state index in [1.54, 1.807) is 0 Å². The van der Waals surface area contributed by atoms with Crippen molar-refractivity contribution in [2.45, 2.75) is 40.0 Å². The zero-order valence-corrected chi connectivity index (χ0v) is 9.84. The van der Waals surface area contributed by atoms with Crippen LogP contribution in [0.25, 0.3) is 0 Å². The minimum absolute atomic E-state index is 0.427. The molecule has 0 heterocycles. The predicted octanol–water partition coefficient (Wildman–Crippen LogP) is 2.77. The number of hydrogen-bond donors (Lipinski definition) is 0. The van der Waals surface area contributed by atoms with Crippen molar-refractivity contribution in [2.24, 2.45) is 11.3 Å². The molecule has 0 aromatic heterocycles. The van der Waals surface area contributed by atoms with Gasteiger partial charge in [0.15, 0.2) is 0 Å². The smallest absolute Gasteiger partial charge is 0.0599 e. The van der Waals surface area contributed by atoms with Gasteiger partial charge in [-0.3, -0.25) is 4.90 Å². The Labute approximate surface area is 88.9 Å². The van der Waals surface area contributed by atoms with Gasteiger partial charge in [-0.15, -0.1) is 6.42 Å². The van der Waals surface area contributed by atoms with E-state index >= 15 is 0 Å². The van der Waals surface area contributed by atoms with Gasteiger partial charge in [0.1, 0.15) is 0 Å². The van der Waals surface area contributed by atoms with Crippen LogP contribution in [0.4, 0.5) is 0 Å². The first kappa shape index (κ1) is 11.6. The molecule has 0 spiro atoms. The topological polar surface area (TPSA) is 3.24 Å². The third-order valence-corrected chi connectivity index (χ3v) is 2.71. The Morgan fingerprint density at radius 1 is 1.36 bits per heavy atom. The number of terminal acetylenes is 1. The summed E-state index contributed by atoms with van der Waals surface area (Å²) in [6.45, 7) is 10.1. The molecule has 1 aliphatic carbocycles. The Morgan fingerprint density at radius 2 is 2.00 bits per heavy atom. The zero-order valence-electron chi connectivity index (χ0n) is 9.84. The van der Waals surface area contributed by atoms with Crippen LogP contribution in [-0.2, 0) is 0 Å². The summed E-state index contributed by atoms with van der Waals surface area (Å²) in [5, 5.41) is 0. The van der Waals surface area contributed by atoms with E-state index in [0.717, 1.165) is 19.0 Å². The minimum atomic E-state index is 0.427. The van der Waals surface area contributed by atoms with Crippen LogP contribution in [0.5, 0.6) is 0 Å². The van der Waals surface area contributed by atoms with Gasteiger partial charge in [-0.25, -0.2) is 0 Å². The second-order valence-corrected chi connectivity index (χ2v) is 5.69. The summed E-state index contributed by atoms with van der Waals surface area (Å²) in [5.74, 6) is 3.71. The average Bonchev–Trinajstić information content (AvgIpc) is 2.83. The second-order valence-electron chi connectivity index (χ2n) is 5.69. The molecule has 1 rings (SSSR count). The molecule has 0 bridgehead atoms. The highest BCUT2D eigenvalue weighted by Gasteiger charge is 2.24. The Morgan fingerprint density at radius 3 is 2.43 bits per heavy atom. The quantitative estimate of drug-likeness (QED) is 0.607. The molecule has 1 heteroatoms. The Balaban J connectivity index is 2.23. The van der Waals surface area contributed by atoms with Crippen LogP contribution in [0.3, 0.4) is 0 Å². The van der Waals surface area contributed by atoms with Crippen LogP contribution in [0.1, 0.15) is 40.0 Å². The lowest BCUT2D eigenvalue weighted by Gasteiger charge is -2.25. The molecule has 1 saturated carbocycles. The first-order chi connectivity index (χ1) is 6.51. The van der Waals surface area contributed by atoms with Gasteiger partial charge in [0.25, 0.3) is 0 Å². The monoisotopic (exact) mass is 193 g/mol. The molecule has 1 fully saturated rings. The van der Waals surface area contributed by atoms with E-state index in [0.29, 0.717) is 5.41 Å². The van der Waals surface area contributed by atoms with Crippen molar-refractivity contribution in [1.29, 1.82) is 0 Å². The summed E-state index contributed by atoms with van der Waals surface area (Å²) in [6, 6.07) is 0. The summed E-state index contributed by atoms with van der Waals surface area (Å²) < 4.78 is 0. The molecule has 1 aliphatic rings. The second kappa shape index (κ2) is 4.84. The Hall–Kier alpha value is -0.480. The molecule has 0 unspecified atom stereocenters. The van der Waals surface area contributed by atoms with Crippen molar-refractivity contribution in [3.8, 4) is 12.3 Å². The van der Waals surface area contributed by atoms with Crippen LogP contribution in [-0.4, -0.2) is 24.5 Å². The molecule has 0 saturated heterocycles. The maximum absolute atomic E-state index is 5.37. The lowest BCUT2D eigenvalue weighted by Crippen LogP contribution is -2.29. The first-order valence-corrected chi connectivity index (χ1v) is 5.67. The number of nitrogens with zero attached hydrogens (tertiary/aromatic N) is 1. The van der Waals surface area contributed by atoms with Gasteiger partial charge in [-0.05, 0) is 37.1 Å². The highest BCUT2D eigenvalue weighted by atomic mass is 15.1. The van der Waals surface area contributed by atoms with Gasteiger partial charge in [0.2, 0.25) is 0 Å². The van der Waals surface area contributed by atoms with Crippen LogP contribution in [0.2, 0.25) is 0 Å². The van der Waals surface area contributed by atoms with Gasteiger partial charge >= 0.3 is 0 Å². The Kier molecular flexibility index (Phi) is 4.01. The van der Waals surface area contributed by atoms with Gasteiger partial charge in [0.05, 0.1) is 6.54 Å². The fourth-order valence-electron chi connectivity index (χ4n) is 1.52. The number of rotatable bonds is 5. The lowest BCUT2D eigenvalue weighted by molar-refractivity contribution is 0.241. The van der Waals surface area contributed by atoms with E-state index in [1.807, 2.05) is 0 Å². The maximum Gasteiger partial charge on any atom is 0.0599 e. The third-order valence-electron chi connectivity index (χ3n) is 2.71. The fraction of sp³-hybridized carbons (Fsp3) is 0.846. The van der Waals surface area contributed by atoms with Gasteiger partial charge in [-0.2, -0.15) is 0 Å². The fourth-order valence-corrected chi connectivity index (χ4v) is 1.52. The molecule has 0 atom stereocenters. The van der Waals surface area contributed by atoms with E-state index < -0.39 is 0 Å². The first-order valence-electron chi connectivity index (χ1n) is 5.67. The van der Waals surface area contributed by atoms with Crippen molar-refractivity contribution < 1.29 is 0 Å². The third kappa shape index (κ3) is 5.29. The highest BCUT2D eigenvalue weighted by molar-refractivity contribution is 4.90. The molecule has 0 aliphatic heterocycles. The molecule has 0 radical (unpaired) electrons. The lowest BCUT2D eigenvalue weighted by atomic mass is 9.92. The summed E-state index contributed by atoms with van der Waals surface area (Å²) in [5.41, 5.74) is 0.427. The predicted molar refractivity (Wildman–Crippen MR) is 62.1 cm³/mol. The standard InChI is InChI=1S/C13H23N/c1-5-9-14(11-12-6-7-12)10-8-13(2,3)4/h1,12H,6-11H2,2-4H3. The van der Waals surface area contributed by atoms with E-state index in [2.05, 4.69) is 31.6 Å². The molecular formula is C13H23N. The number of hydrogen-bond acceptors (Lipinski definition) is 1. The molecule has 0 N–H and O–H groups in total. The summed E-state index contributed by atoms with van der Waals surface area (Å²) in [4.78, 5) is 2.43. The van der Waals surface area contributed by atoms with E-state index in [9.17, 15) is 0 Å². The minimum Gasteiger partial charge on any atom is -0.292 e. The largest absolute Gasteiger partial charge is 0.292 e. The van der Waals surface area contributed by atoms with Gasteiger partial charge in [0, 0.05) is 6.54 Å². The molecular weight excluding hydrogens is 170 g/mol. The van der Waals surface area contributed by atoms with Crippen LogP contribution >= 0.6 is 0 Å². The molecule has 0 aromatic carbocycles. The SMILES string of the molecule is C#CCN(CCC(C)(C)C)CC1CC1. The van der Waals surface area contributed by atoms with Crippen molar-refractivity contribution in [1.82, 2.24) is 4.90 Å². The molecule has 14 heavy (non-hydrogen) atoms. The summed E-state index contributed by atoms with van der Waals surface area (Å²) >= 11 is 0. The van der Waals surface area contributed by atoms with Crippen molar-refractivity contribution in [2.75, 3.05) is 19.6 Å². The summed E-state index contributed by atoms with van der Waals surface area (Å²) in [6.07, 6.45) is 9.44. The van der Waals surface area contributed by atoms with Crippen molar-refractivity contribution in [3.63, 3.8) is 0 Å². The van der Waals surface area contributed by atoms with E-state index in [4.69, 9.17) is 6.42 Å². The van der Waals surface area contributed by atoms with Gasteiger partial charge < -0.3 is 0 Å². The molecule has 0 amide bonds. The van der Waals surface area contributed by atoms with Crippen molar-refractivity contribution in [3.05, 3.63) is 0 Å². The van der Waals surface area contributed by atoms with Crippen molar-refractivity contribution >= 4 is 0 Å². The maximum atomic E-state index is 5.37. The zero-order chi connectivity index (χ0) is 10.6.